The maximum absolute atomic E-state index is 12.0. The third-order valence-electron chi connectivity index (χ3n) is 2.80. The molecule has 6 heteroatoms. The molecule has 1 aromatic carbocycles. The molecular formula is C14H12N2O4. The van der Waals surface area contributed by atoms with Crippen molar-refractivity contribution in [2.45, 2.75) is 0 Å². The second-order valence-electron chi connectivity index (χ2n) is 4.18. The highest BCUT2D eigenvalue weighted by molar-refractivity contribution is 6.04. The van der Waals surface area contributed by atoms with Gasteiger partial charge in [0.1, 0.15) is 19.0 Å². The van der Waals surface area contributed by atoms with Gasteiger partial charge in [0.15, 0.2) is 17.2 Å². The predicted octanol–water partition coefficient (Wildman–Crippen LogP) is 1.81. The highest BCUT2D eigenvalue weighted by atomic mass is 16.6. The summed E-state index contributed by atoms with van der Waals surface area (Å²) in [6.45, 7) is 0.992. The number of ether oxygens (including phenoxy) is 2. The van der Waals surface area contributed by atoms with Crippen molar-refractivity contribution in [1.82, 2.24) is 4.98 Å². The van der Waals surface area contributed by atoms with Crippen molar-refractivity contribution in [3.05, 3.63) is 42.2 Å². The number of pyridine rings is 1. The van der Waals surface area contributed by atoms with Gasteiger partial charge in [-0.15, -0.1) is 0 Å². The monoisotopic (exact) mass is 272 g/mol. The van der Waals surface area contributed by atoms with E-state index in [4.69, 9.17) is 9.47 Å². The van der Waals surface area contributed by atoms with Crippen LogP contribution >= 0.6 is 0 Å². The topological polar surface area (TPSA) is 80.7 Å². The minimum Gasteiger partial charge on any atom is -0.505 e. The Morgan fingerprint density at radius 3 is 2.80 bits per heavy atom. The van der Waals surface area contributed by atoms with Gasteiger partial charge in [-0.1, -0.05) is 0 Å². The van der Waals surface area contributed by atoms with Crippen molar-refractivity contribution in [2.24, 2.45) is 0 Å². The Morgan fingerprint density at radius 1 is 1.20 bits per heavy atom. The number of nitrogens with one attached hydrogen (secondary N) is 1. The van der Waals surface area contributed by atoms with Crippen LogP contribution < -0.4 is 14.8 Å². The molecule has 0 radical (unpaired) electrons. The number of anilines is 1. The molecule has 20 heavy (non-hydrogen) atoms. The van der Waals surface area contributed by atoms with Gasteiger partial charge < -0.3 is 19.9 Å². The first-order valence-corrected chi connectivity index (χ1v) is 6.09. The highest BCUT2D eigenvalue weighted by Gasteiger charge is 2.15. The zero-order valence-electron chi connectivity index (χ0n) is 10.5. The van der Waals surface area contributed by atoms with E-state index in [0.29, 0.717) is 30.4 Å². The Balaban J connectivity index is 1.81. The van der Waals surface area contributed by atoms with E-state index in [0.717, 1.165) is 0 Å². The van der Waals surface area contributed by atoms with Crippen LogP contribution in [0.4, 0.5) is 5.69 Å². The van der Waals surface area contributed by atoms with Crippen molar-refractivity contribution < 1.29 is 19.4 Å². The van der Waals surface area contributed by atoms with Crippen LogP contribution in [0.3, 0.4) is 0 Å². The fourth-order valence-corrected chi connectivity index (χ4v) is 1.88. The van der Waals surface area contributed by atoms with Crippen molar-refractivity contribution in [3.8, 4) is 17.2 Å². The highest BCUT2D eigenvalue weighted by Crippen LogP contribution is 2.32. The zero-order chi connectivity index (χ0) is 13.9. The molecule has 3 rings (SSSR count). The summed E-state index contributed by atoms with van der Waals surface area (Å²) in [6.07, 6.45) is 1.44. The van der Waals surface area contributed by atoms with Crippen LogP contribution in [-0.2, 0) is 0 Å². The minimum atomic E-state index is -0.486. The van der Waals surface area contributed by atoms with Crippen molar-refractivity contribution in [1.29, 1.82) is 0 Å². The van der Waals surface area contributed by atoms with Gasteiger partial charge in [0, 0.05) is 18.0 Å². The summed E-state index contributed by atoms with van der Waals surface area (Å²) in [6, 6.07) is 8.06. The third-order valence-corrected chi connectivity index (χ3v) is 2.80. The third kappa shape index (κ3) is 2.35. The molecule has 102 valence electrons. The molecule has 1 aliphatic rings. The van der Waals surface area contributed by atoms with Crippen LogP contribution in [0.5, 0.6) is 17.2 Å². The Morgan fingerprint density at radius 2 is 2.00 bits per heavy atom. The Hall–Kier alpha value is -2.76. The van der Waals surface area contributed by atoms with Gasteiger partial charge in [0.25, 0.3) is 5.91 Å². The Bertz CT molecular complexity index is 657. The molecular weight excluding hydrogens is 260 g/mol. The lowest BCUT2D eigenvalue weighted by Crippen LogP contribution is -2.17. The standard InChI is InChI=1S/C14H12N2O4/c17-10-2-1-5-15-13(10)14(18)16-9-3-4-11-12(8-9)20-7-6-19-11/h1-5,8,17H,6-7H2,(H,16,18). The summed E-state index contributed by atoms with van der Waals surface area (Å²) in [5.74, 6) is 0.580. The van der Waals surface area contributed by atoms with E-state index in [1.807, 2.05) is 0 Å². The van der Waals surface area contributed by atoms with Crippen LogP contribution in [0.15, 0.2) is 36.5 Å². The second-order valence-corrected chi connectivity index (χ2v) is 4.18. The summed E-state index contributed by atoms with van der Waals surface area (Å²) >= 11 is 0. The molecule has 2 heterocycles. The first-order chi connectivity index (χ1) is 9.74. The molecule has 0 saturated carbocycles. The number of benzene rings is 1. The first kappa shape index (κ1) is 12.3. The van der Waals surface area contributed by atoms with E-state index >= 15 is 0 Å². The number of aromatic hydroxyl groups is 1. The van der Waals surface area contributed by atoms with Crippen molar-refractivity contribution >= 4 is 11.6 Å². The van der Waals surface area contributed by atoms with Crippen LogP contribution in [0.25, 0.3) is 0 Å². The zero-order valence-corrected chi connectivity index (χ0v) is 10.5. The number of rotatable bonds is 2. The van der Waals surface area contributed by atoms with E-state index in [9.17, 15) is 9.90 Å². The molecule has 1 aliphatic heterocycles. The smallest absolute Gasteiger partial charge is 0.278 e. The lowest BCUT2D eigenvalue weighted by atomic mass is 10.2. The number of fused-ring (bicyclic) bond motifs is 1. The SMILES string of the molecule is O=C(Nc1ccc2c(c1)OCCO2)c1ncccc1O. The lowest BCUT2D eigenvalue weighted by molar-refractivity contribution is 0.101. The van der Waals surface area contributed by atoms with Crippen molar-refractivity contribution in [2.75, 3.05) is 18.5 Å². The van der Waals surface area contributed by atoms with E-state index in [-0.39, 0.29) is 11.4 Å². The van der Waals surface area contributed by atoms with Gasteiger partial charge in [0.05, 0.1) is 0 Å². The van der Waals surface area contributed by atoms with Gasteiger partial charge in [-0.25, -0.2) is 4.98 Å². The molecule has 2 N–H and O–H groups in total. The van der Waals surface area contributed by atoms with E-state index < -0.39 is 5.91 Å². The fourth-order valence-electron chi connectivity index (χ4n) is 1.88. The van der Waals surface area contributed by atoms with Crippen LogP contribution in [-0.4, -0.2) is 29.2 Å². The van der Waals surface area contributed by atoms with Gasteiger partial charge in [-0.2, -0.15) is 0 Å². The van der Waals surface area contributed by atoms with Crippen LogP contribution in [0.1, 0.15) is 10.5 Å². The van der Waals surface area contributed by atoms with Crippen LogP contribution in [0.2, 0.25) is 0 Å². The second kappa shape index (κ2) is 5.08. The number of amides is 1. The number of carbonyl (C=O) groups is 1. The summed E-state index contributed by atoms with van der Waals surface area (Å²) in [5.41, 5.74) is 0.520. The molecule has 0 atom stereocenters. The summed E-state index contributed by atoms with van der Waals surface area (Å²) in [4.78, 5) is 15.8. The first-order valence-electron chi connectivity index (χ1n) is 6.09. The maximum Gasteiger partial charge on any atom is 0.278 e. The van der Waals surface area contributed by atoms with E-state index in [1.165, 1.54) is 12.3 Å². The summed E-state index contributed by atoms with van der Waals surface area (Å²) < 4.78 is 10.8. The molecule has 6 nitrogen and oxygen atoms in total. The summed E-state index contributed by atoms with van der Waals surface area (Å²) in [5, 5.41) is 12.2. The molecule has 0 unspecified atom stereocenters. The summed E-state index contributed by atoms with van der Waals surface area (Å²) in [7, 11) is 0. The van der Waals surface area contributed by atoms with Crippen LogP contribution in [0, 0.1) is 0 Å². The molecule has 0 aliphatic carbocycles. The maximum atomic E-state index is 12.0. The predicted molar refractivity (Wildman–Crippen MR) is 71.3 cm³/mol. The Labute approximate surface area is 115 Å². The van der Waals surface area contributed by atoms with Gasteiger partial charge >= 0.3 is 0 Å². The molecule has 1 aromatic heterocycles. The molecule has 0 saturated heterocycles. The van der Waals surface area contributed by atoms with E-state index in [2.05, 4.69) is 10.3 Å². The fraction of sp³-hybridized carbons (Fsp3) is 0.143. The molecule has 1 amide bonds. The normalized spacial score (nSPS) is 12.8. The average Bonchev–Trinajstić information content (AvgIpc) is 2.47. The minimum absolute atomic E-state index is 0.0256. The van der Waals surface area contributed by atoms with E-state index in [1.54, 1.807) is 24.3 Å². The lowest BCUT2D eigenvalue weighted by Gasteiger charge is -2.19. The van der Waals surface area contributed by atoms with Gasteiger partial charge in [-0.3, -0.25) is 4.79 Å². The number of hydrogen-bond donors (Lipinski definition) is 2. The number of hydrogen-bond acceptors (Lipinski definition) is 5. The Kier molecular flexibility index (Phi) is 3.12. The van der Waals surface area contributed by atoms with Crippen molar-refractivity contribution in [3.63, 3.8) is 0 Å². The largest absolute Gasteiger partial charge is 0.505 e. The molecule has 0 spiro atoms. The van der Waals surface area contributed by atoms with Gasteiger partial charge in [0.2, 0.25) is 0 Å². The number of carbonyl (C=O) groups excluding carboxylic acids is 1. The molecule has 2 aromatic rings. The molecule has 0 bridgehead atoms. The van der Waals surface area contributed by atoms with Gasteiger partial charge in [-0.05, 0) is 24.3 Å². The quantitative estimate of drug-likeness (QED) is 0.871. The molecule has 0 fully saturated rings. The number of nitrogens with zero attached hydrogens (tertiary/aromatic N) is 1. The average molecular weight is 272 g/mol. The number of aromatic nitrogens is 1.